The molecule has 0 unspecified atom stereocenters. The highest BCUT2D eigenvalue weighted by Gasteiger charge is 2.20. The lowest BCUT2D eigenvalue weighted by molar-refractivity contribution is -0.118. The fourth-order valence-corrected chi connectivity index (χ4v) is 1.71. The van der Waals surface area contributed by atoms with Crippen LogP contribution in [0, 0.1) is 0 Å². The van der Waals surface area contributed by atoms with Crippen LogP contribution in [0.3, 0.4) is 0 Å². The first-order chi connectivity index (χ1) is 7.34. The Kier molecular flexibility index (Phi) is 1.62. The van der Waals surface area contributed by atoms with Crippen molar-refractivity contribution in [3.63, 3.8) is 0 Å². The summed E-state index contributed by atoms with van der Waals surface area (Å²) in [6.45, 7) is 0.237. The van der Waals surface area contributed by atoms with E-state index >= 15 is 0 Å². The lowest BCUT2D eigenvalue weighted by atomic mass is 10.3. The van der Waals surface area contributed by atoms with Gasteiger partial charge in [-0.2, -0.15) is 0 Å². The van der Waals surface area contributed by atoms with E-state index in [0.29, 0.717) is 11.2 Å². The zero-order chi connectivity index (χ0) is 10.3. The molecule has 1 aromatic carbocycles. The molecule has 0 aliphatic carbocycles. The molecular weight excluding hydrogens is 192 g/mol. The average Bonchev–Trinajstić information content (AvgIpc) is 2.62. The fraction of sp³-hybridized carbons (Fsp3) is 0.0909. The summed E-state index contributed by atoms with van der Waals surface area (Å²) in [6, 6.07) is 7.46. The van der Waals surface area contributed by atoms with Crippen molar-refractivity contribution in [2.24, 2.45) is 4.99 Å². The number of para-hydroxylation sites is 1. The second-order valence-corrected chi connectivity index (χ2v) is 3.36. The molecule has 2 aliphatic heterocycles. The lowest BCUT2D eigenvalue weighted by Crippen LogP contribution is -2.29. The Balaban J connectivity index is 2.41. The van der Waals surface area contributed by atoms with Crippen molar-refractivity contribution in [3.8, 4) is 0 Å². The van der Waals surface area contributed by atoms with Crippen LogP contribution in [0.5, 0.6) is 0 Å². The highest BCUT2D eigenvalue weighted by molar-refractivity contribution is 5.80. The van der Waals surface area contributed by atoms with E-state index in [2.05, 4.69) is 4.99 Å². The van der Waals surface area contributed by atoms with Crippen molar-refractivity contribution in [2.75, 3.05) is 6.54 Å². The standard InChI is InChI=1S/C11H8N2O2/c14-10-7-13-5-6-15-11(13)8-3-1-2-4-9(8)12-10/h1-6H,7H2. The monoisotopic (exact) mass is 200 g/mol. The third kappa shape index (κ3) is 1.22. The largest absolute Gasteiger partial charge is 0.446 e. The number of carbonyl (C=O) groups excluding carboxylic acids is 1. The molecule has 74 valence electrons. The molecule has 0 spiro atoms. The molecule has 0 radical (unpaired) electrons. The second kappa shape index (κ2) is 2.95. The van der Waals surface area contributed by atoms with Gasteiger partial charge in [0.05, 0.1) is 10.6 Å². The van der Waals surface area contributed by atoms with Gasteiger partial charge in [-0.3, -0.25) is 4.79 Å². The third-order valence-electron chi connectivity index (χ3n) is 2.37. The number of hydrogen-bond acceptors (Lipinski definition) is 3. The molecule has 0 aromatic heterocycles. The predicted octanol–water partition coefficient (Wildman–Crippen LogP) is -0.284. The van der Waals surface area contributed by atoms with Gasteiger partial charge in [-0.15, -0.1) is 0 Å². The summed E-state index contributed by atoms with van der Waals surface area (Å²) in [4.78, 5) is 17.2. The number of rotatable bonds is 0. The molecule has 1 amide bonds. The summed E-state index contributed by atoms with van der Waals surface area (Å²) >= 11 is 0. The van der Waals surface area contributed by atoms with Crippen LogP contribution in [-0.2, 0) is 9.53 Å². The number of carbonyl (C=O) groups is 1. The second-order valence-electron chi connectivity index (χ2n) is 3.36. The molecule has 0 bridgehead atoms. The molecule has 2 heterocycles. The van der Waals surface area contributed by atoms with Gasteiger partial charge in [0.2, 0.25) is 5.88 Å². The Morgan fingerprint density at radius 2 is 2.20 bits per heavy atom. The molecule has 0 N–H and O–H groups in total. The predicted molar refractivity (Wildman–Crippen MR) is 52.6 cm³/mol. The van der Waals surface area contributed by atoms with E-state index in [1.165, 1.54) is 0 Å². The first-order valence-corrected chi connectivity index (χ1v) is 4.65. The molecule has 3 rings (SSSR count). The molecule has 0 saturated carbocycles. The van der Waals surface area contributed by atoms with Gasteiger partial charge in [0.25, 0.3) is 5.91 Å². The smallest absolute Gasteiger partial charge is 0.266 e. The Morgan fingerprint density at radius 1 is 1.33 bits per heavy atom. The summed E-state index contributed by atoms with van der Waals surface area (Å²) in [5.74, 6) is 0.521. The Labute approximate surface area is 85.8 Å². The number of nitrogens with zero attached hydrogens (tertiary/aromatic N) is 2. The van der Waals surface area contributed by atoms with Crippen molar-refractivity contribution in [1.82, 2.24) is 4.90 Å². The van der Waals surface area contributed by atoms with Gasteiger partial charge in [-0.25, -0.2) is 4.99 Å². The maximum absolute atomic E-state index is 11.5. The first kappa shape index (κ1) is 8.23. The minimum absolute atomic E-state index is 0.160. The Hall–Kier alpha value is -2.10. The van der Waals surface area contributed by atoms with Gasteiger partial charge in [0, 0.05) is 6.20 Å². The average molecular weight is 200 g/mol. The molecule has 0 fully saturated rings. The van der Waals surface area contributed by atoms with Crippen LogP contribution in [0.2, 0.25) is 0 Å². The zero-order valence-corrected chi connectivity index (χ0v) is 7.88. The SMILES string of the molecule is O=C1CN2C=COC2=c2ccccc2=N1. The maximum Gasteiger partial charge on any atom is 0.266 e. The van der Waals surface area contributed by atoms with Crippen LogP contribution in [0.1, 0.15) is 0 Å². The van der Waals surface area contributed by atoms with Crippen molar-refractivity contribution in [2.45, 2.75) is 0 Å². The van der Waals surface area contributed by atoms with Crippen molar-refractivity contribution >= 4 is 11.8 Å². The number of ether oxygens (including phenoxy) is 1. The minimum atomic E-state index is -0.160. The number of fused-ring (bicyclic) bond motifs is 2. The highest BCUT2D eigenvalue weighted by Crippen LogP contribution is 2.14. The minimum Gasteiger partial charge on any atom is -0.446 e. The summed E-state index contributed by atoms with van der Waals surface area (Å²) in [7, 11) is 0. The van der Waals surface area contributed by atoms with E-state index in [4.69, 9.17) is 4.74 Å². The summed E-state index contributed by atoms with van der Waals surface area (Å²) in [5, 5.41) is 1.53. The molecule has 0 atom stereocenters. The highest BCUT2D eigenvalue weighted by atomic mass is 16.5. The third-order valence-corrected chi connectivity index (χ3v) is 2.37. The molecule has 2 aliphatic rings. The normalized spacial score (nSPS) is 17.7. The van der Waals surface area contributed by atoms with E-state index in [1.54, 1.807) is 17.4 Å². The van der Waals surface area contributed by atoms with Gasteiger partial charge in [-0.1, -0.05) is 12.1 Å². The molecular formula is C11H8N2O2. The van der Waals surface area contributed by atoms with Crippen LogP contribution in [0.4, 0.5) is 0 Å². The van der Waals surface area contributed by atoms with E-state index in [1.807, 2.05) is 24.3 Å². The zero-order valence-electron chi connectivity index (χ0n) is 7.88. The Morgan fingerprint density at radius 3 is 3.13 bits per heavy atom. The van der Waals surface area contributed by atoms with Gasteiger partial charge in [-0.05, 0) is 12.1 Å². The lowest BCUT2D eigenvalue weighted by Gasteiger charge is -2.11. The summed E-state index contributed by atoms with van der Waals surface area (Å²) in [5.41, 5.74) is 0. The van der Waals surface area contributed by atoms with Crippen LogP contribution < -0.4 is 10.6 Å². The molecule has 4 nitrogen and oxygen atoms in total. The topological polar surface area (TPSA) is 41.9 Å². The Bertz CT molecular complexity index is 574. The molecule has 4 heteroatoms. The van der Waals surface area contributed by atoms with Gasteiger partial charge in [0.1, 0.15) is 12.8 Å². The fourth-order valence-electron chi connectivity index (χ4n) is 1.71. The van der Waals surface area contributed by atoms with Crippen LogP contribution in [0.15, 0.2) is 41.7 Å². The molecule has 15 heavy (non-hydrogen) atoms. The van der Waals surface area contributed by atoms with E-state index in [-0.39, 0.29) is 12.5 Å². The van der Waals surface area contributed by atoms with Crippen LogP contribution in [0.25, 0.3) is 5.88 Å². The van der Waals surface area contributed by atoms with Crippen LogP contribution >= 0.6 is 0 Å². The quantitative estimate of drug-likeness (QED) is 0.578. The van der Waals surface area contributed by atoms with E-state index in [0.717, 1.165) is 5.22 Å². The maximum atomic E-state index is 11.5. The van der Waals surface area contributed by atoms with Gasteiger partial charge in [0.15, 0.2) is 0 Å². The molecule has 0 saturated heterocycles. The summed E-state index contributed by atoms with van der Waals surface area (Å²) < 4.78 is 5.36. The van der Waals surface area contributed by atoms with E-state index < -0.39 is 0 Å². The van der Waals surface area contributed by atoms with E-state index in [9.17, 15) is 4.79 Å². The van der Waals surface area contributed by atoms with Crippen molar-refractivity contribution in [3.05, 3.63) is 47.3 Å². The van der Waals surface area contributed by atoms with Gasteiger partial charge >= 0.3 is 0 Å². The van der Waals surface area contributed by atoms with Crippen molar-refractivity contribution < 1.29 is 9.53 Å². The number of amides is 1. The molecule has 1 aromatic rings. The summed E-state index contributed by atoms with van der Waals surface area (Å²) in [6.07, 6.45) is 3.32. The first-order valence-electron chi connectivity index (χ1n) is 4.65. The number of benzene rings is 1. The number of hydrogen-bond donors (Lipinski definition) is 0. The van der Waals surface area contributed by atoms with Crippen molar-refractivity contribution in [1.29, 1.82) is 0 Å². The van der Waals surface area contributed by atoms with Crippen LogP contribution in [-0.4, -0.2) is 17.4 Å². The van der Waals surface area contributed by atoms with Gasteiger partial charge < -0.3 is 9.64 Å².